The van der Waals surface area contributed by atoms with Gasteiger partial charge in [-0.3, -0.25) is 4.68 Å². The largest absolute Gasteiger partial charge is 0.396 e. The van der Waals surface area contributed by atoms with Crippen LogP contribution in [-0.2, 0) is 16.6 Å². The molecule has 0 aliphatic heterocycles. The van der Waals surface area contributed by atoms with Gasteiger partial charge in [-0.15, -0.1) is 11.3 Å². The number of sulfonamides is 1. The Hall–Kier alpha value is -1.29. The van der Waals surface area contributed by atoms with Crippen LogP contribution in [0.3, 0.4) is 0 Å². The number of aliphatic hydroxyl groups excluding tert-OH is 1. The van der Waals surface area contributed by atoms with E-state index in [-0.39, 0.29) is 11.5 Å². The van der Waals surface area contributed by atoms with Crippen molar-refractivity contribution in [3.63, 3.8) is 0 Å². The van der Waals surface area contributed by atoms with E-state index < -0.39 is 16.1 Å². The third-order valence-electron chi connectivity index (χ3n) is 2.80. The molecule has 0 saturated heterocycles. The molecule has 116 valence electrons. The van der Waals surface area contributed by atoms with Crippen molar-refractivity contribution in [3.8, 4) is 0 Å². The van der Waals surface area contributed by atoms with Crippen LogP contribution < -0.4 is 4.72 Å². The van der Waals surface area contributed by atoms with Gasteiger partial charge in [0.25, 0.3) is 0 Å². The predicted molar refractivity (Wildman–Crippen MR) is 79.5 cm³/mol. The van der Waals surface area contributed by atoms with E-state index in [2.05, 4.69) is 14.8 Å². The molecule has 1 atom stereocenters. The average Bonchev–Trinajstić information content (AvgIpc) is 3.05. The van der Waals surface area contributed by atoms with Crippen molar-refractivity contribution in [1.29, 1.82) is 0 Å². The molecule has 2 rings (SSSR count). The molecule has 21 heavy (non-hydrogen) atoms. The number of thiazole rings is 1. The van der Waals surface area contributed by atoms with E-state index in [1.807, 2.05) is 12.3 Å². The maximum Gasteiger partial charge on any atom is 0.244 e. The maximum absolute atomic E-state index is 12.3. The van der Waals surface area contributed by atoms with E-state index >= 15 is 0 Å². The molecule has 2 aromatic heterocycles. The number of hydrogen-bond acceptors (Lipinski definition) is 6. The number of hydrogen-bond donors (Lipinski definition) is 2. The van der Waals surface area contributed by atoms with Gasteiger partial charge < -0.3 is 5.11 Å². The topological polar surface area (TPSA) is 97.1 Å². The van der Waals surface area contributed by atoms with Crippen LogP contribution in [-0.4, -0.2) is 34.9 Å². The minimum absolute atomic E-state index is 0.0423. The molecular formula is C12H18N4O3S2. The Morgan fingerprint density at radius 3 is 2.90 bits per heavy atom. The fourth-order valence-electron chi connectivity index (χ4n) is 1.76. The molecule has 0 spiro atoms. The number of aliphatic hydroxyl groups is 1. The van der Waals surface area contributed by atoms with E-state index in [9.17, 15) is 8.42 Å². The number of aryl methyl sites for hydroxylation is 2. The van der Waals surface area contributed by atoms with Crippen molar-refractivity contribution < 1.29 is 13.5 Å². The van der Waals surface area contributed by atoms with E-state index in [0.29, 0.717) is 13.0 Å². The summed E-state index contributed by atoms with van der Waals surface area (Å²) in [6, 6.07) is -0.394. The predicted octanol–water partition coefficient (Wildman–Crippen LogP) is 1.07. The second-order valence-corrected chi connectivity index (χ2v) is 7.29. The summed E-state index contributed by atoms with van der Waals surface area (Å²) in [7, 11) is -3.63. The van der Waals surface area contributed by atoms with Crippen LogP contribution in [0.15, 0.2) is 22.7 Å². The number of aromatic nitrogens is 3. The van der Waals surface area contributed by atoms with Crippen molar-refractivity contribution in [2.24, 2.45) is 0 Å². The van der Waals surface area contributed by atoms with Gasteiger partial charge in [-0.2, -0.15) is 5.10 Å². The highest BCUT2D eigenvalue weighted by Gasteiger charge is 2.21. The summed E-state index contributed by atoms with van der Waals surface area (Å²) in [5.41, 5.74) is 0.873. The first-order valence-electron chi connectivity index (χ1n) is 6.50. The van der Waals surface area contributed by atoms with Crippen molar-refractivity contribution in [2.75, 3.05) is 6.61 Å². The van der Waals surface area contributed by atoms with Gasteiger partial charge in [0, 0.05) is 30.4 Å². The number of nitrogens with zero attached hydrogens (tertiary/aromatic N) is 3. The maximum atomic E-state index is 12.3. The summed E-state index contributed by atoms with van der Waals surface area (Å²) < 4.78 is 28.6. The summed E-state index contributed by atoms with van der Waals surface area (Å²) in [4.78, 5) is 4.39. The smallest absolute Gasteiger partial charge is 0.244 e. The lowest BCUT2D eigenvalue weighted by atomic mass is 10.4. The van der Waals surface area contributed by atoms with E-state index in [1.54, 1.807) is 6.92 Å². The third kappa shape index (κ3) is 4.10. The van der Waals surface area contributed by atoms with Gasteiger partial charge >= 0.3 is 0 Å². The van der Waals surface area contributed by atoms with Crippen molar-refractivity contribution in [3.05, 3.63) is 28.5 Å². The Bertz CT molecular complexity index is 693. The van der Waals surface area contributed by atoms with Gasteiger partial charge in [0.15, 0.2) is 0 Å². The molecule has 0 aliphatic rings. The molecule has 1 unspecified atom stereocenters. The first-order chi connectivity index (χ1) is 9.92. The molecule has 0 radical (unpaired) electrons. The Morgan fingerprint density at radius 2 is 2.29 bits per heavy atom. The van der Waals surface area contributed by atoms with Gasteiger partial charge in [-0.1, -0.05) is 0 Å². The van der Waals surface area contributed by atoms with Gasteiger partial charge in [0.05, 0.1) is 12.2 Å². The lowest BCUT2D eigenvalue weighted by molar-refractivity contribution is 0.277. The zero-order valence-corrected chi connectivity index (χ0v) is 13.5. The summed E-state index contributed by atoms with van der Waals surface area (Å²) in [5.74, 6) is 0. The standard InChI is InChI=1S/C12H18N4O3S2/c1-9-8-20-12(14-9)10(2)15-21(18,19)11-6-13-16(7-11)4-3-5-17/h6-8,10,15,17H,3-5H2,1-2H3. The zero-order chi connectivity index (χ0) is 15.5. The van der Waals surface area contributed by atoms with Crippen LogP contribution in [0.5, 0.6) is 0 Å². The first kappa shape index (κ1) is 16.1. The van der Waals surface area contributed by atoms with Crippen molar-refractivity contribution in [1.82, 2.24) is 19.5 Å². The molecule has 0 saturated carbocycles. The van der Waals surface area contributed by atoms with Gasteiger partial charge in [0.1, 0.15) is 9.90 Å². The molecule has 0 bridgehead atoms. The number of nitrogens with one attached hydrogen (secondary N) is 1. The summed E-state index contributed by atoms with van der Waals surface area (Å²) in [6.45, 7) is 4.15. The van der Waals surface area contributed by atoms with Crippen LogP contribution in [0.25, 0.3) is 0 Å². The molecule has 9 heteroatoms. The second kappa shape index (κ2) is 6.65. The number of rotatable bonds is 7. The second-order valence-electron chi connectivity index (χ2n) is 4.69. The SMILES string of the molecule is Cc1csc(C(C)NS(=O)(=O)c2cnn(CCCO)c2)n1. The van der Waals surface area contributed by atoms with E-state index in [4.69, 9.17) is 5.11 Å². The molecular weight excluding hydrogens is 312 g/mol. The van der Waals surface area contributed by atoms with Crippen LogP contribution in [0, 0.1) is 6.92 Å². The minimum atomic E-state index is -3.63. The summed E-state index contributed by atoms with van der Waals surface area (Å²) >= 11 is 1.42. The fourth-order valence-corrected chi connectivity index (χ4v) is 3.80. The minimum Gasteiger partial charge on any atom is -0.396 e. The molecule has 2 heterocycles. The van der Waals surface area contributed by atoms with Gasteiger partial charge in [-0.25, -0.2) is 18.1 Å². The van der Waals surface area contributed by atoms with Gasteiger partial charge in [0.2, 0.25) is 10.0 Å². The summed E-state index contributed by atoms with van der Waals surface area (Å²) in [5, 5.41) is 15.3. The molecule has 0 fully saturated rings. The lowest BCUT2D eigenvalue weighted by Gasteiger charge is -2.10. The normalized spacial score (nSPS) is 13.5. The molecule has 2 N–H and O–H groups in total. The third-order valence-corrected chi connectivity index (χ3v) is 5.44. The van der Waals surface area contributed by atoms with Crippen LogP contribution in [0.2, 0.25) is 0 Å². The Balaban J connectivity index is 2.09. The average molecular weight is 330 g/mol. The first-order valence-corrected chi connectivity index (χ1v) is 8.86. The van der Waals surface area contributed by atoms with Gasteiger partial charge in [-0.05, 0) is 20.3 Å². The highest BCUT2D eigenvalue weighted by Crippen LogP contribution is 2.20. The van der Waals surface area contributed by atoms with Crippen LogP contribution in [0.4, 0.5) is 0 Å². The molecule has 0 amide bonds. The highest BCUT2D eigenvalue weighted by molar-refractivity contribution is 7.89. The van der Waals surface area contributed by atoms with Crippen LogP contribution >= 0.6 is 11.3 Å². The summed E-state index contributed by atoms with van der Waals surface area (Å²) in [6.07, 6.45) is 3.29. The quantitative estimate of drug-likeness (QED) is 0.791. The lowest BCUT2D eigenvalue weighted by Crippen LogP contribution is -2.26. The van der Waals surface area contributed by atoms with E-state index in [1.165, 1.54) is 28.4 Å². The fraction of sp³-hybridized carbons (Fsp3) is 0.500. The van der Waals surface area contributed by atoms with E-state index in [0.717, 1.165) is 10.7 Å². The Labute approximate surface area is 127 Å². The molecule has 7 nitrogen and oxygen atoms in total. The Kier molecular flexibility index (Phi) is 5.09. The van der Waals surface area contributed by atoms with Crippen molar-refractivity contribution in [2.45, 2.75) is 37.8 Å². The monoisotopic (exact) mass is 330 g/mol. The molecule has 0 aromatic carbocycles. The molecule has 2 aromatic rings. The zero-order valence-electron chi connectivity index (χ0n) is 11.9. The molecule has 0 aliphatic carbocycles. The highest BCUT2D eigenvalue weighted by atomic mass is 32.2. The Morgan fingerprint density at radius 1 is 1.52 bits per heavy atom. The van der Waals surface area contributed by atoms with Crippen LogP contribution in [0.1, 0.15) is 30.1 Å². The van der Waals surface area contributed by atoms with Crippen molar-refractivity contribution >= 4 is 21.4 Å².